The van der Waals surface area contributed by atoms with Gasteiger partial charge in [0.25, 0.3) is 0 Å². The smallest absolute Gasteiger partial charge is 0.223 e. The van der Waals surface area contributed by atoms with Crippen molar-refractivity contribution in [2.45, 2.75) is 52.1 Å². The van der Waals surface area contributed by atoms with Gasteiger partial charge < -0.3 is 4.90 Å². The summed E-state index contributed by atoms with van der Waals surface area (Å²) in [4.78, 5) is 14.1. The minimum atomic E-state index is 0.347. The van der Waals surface area contributed by atoms with E-state index in [1.165, 1.54) is 29.5 Å². The van der Waals surface area contributed by atoms with Crippen LogP contribution in [0.25, 0.3) is 0 Å². The second kappa shape index (κ2) is 4.42. The normalized spacial score (nSPS) is 18.3. The predicted octanol–water partition coefficient (Wildman–Crippen LogP) is 3.45. The van der Waals surface area contributed by atoms with Crippen LogP contribution in [0.4, 0.5) is 0 Å². The van der Waals surface area contributed by atoms with Crippen LogP contribution in [0.5, 0.6) is 0 Å². The first kappa shape index (κ1) is 11.8. The first-order chi connectivity index (χ1) is 8.63. The molecule has 1 amide bonds. The Morgan fingerprint density at radius 3 is 2.67 bits per heavy atom. The van der Waals surface area contributed by atoms with E-state index >= 15 is 0 Å². The maximum absolute atomic E-state index is 12.1. The Labute approximate surface area is 109 Å². The van der Waals surface area contributed by atoms with Crippen molar-refractivity contribution >= 4 is 5.91 Å². The predicted molar refractivity (Wildman–Crippen MR) is 72.1 cm³/mol. The first-order valence-electron chi connectivity index (χ1n) is 7.03. The summed E-state index contributed by atoms with van der Waals surface area (Å²) in [6.07, 6.45) is 3.28. The first-order valence-corrected chi connectivity index (χ1v) is 7.03. The topological polar surface area (TPSA) is 20.3 Å². The summed E-state index contributed by atoms with van der Waals surface area (Å²) in [5, 5.41) is 0. The van der Waals surface area contributed by atoms with E-state index in [0.717, 1.165) is 19.5 Å². The molecule has 1 saturated carbocycles. The Morgan fingerprint density at radius 2 is 2.00 bits per heavy atom. The highest BCUT2D eigenvalue weighted by Gasteiger charge is 2.29. The highest BCUT2D eigenvalue weighted by molar-refractivity contribution is 5.77. The van der Waals surface area contributed by atoms with Gasteiger partial charge in [-0.25, -0.2) is 0 Å². The summed E-state index contributed by atoms with van der Waals surface area (Å²) >= 11 is 0. The number of benzene rings is 1. The van der Waals surface area contributed by atoms with Crippen LogP contribution in [-0.4, -0.2) is 10.8 Å². The van der Waals surface area contributed by atoms with Gasteiger partial charge in [0.1, 0.15) is 0 Å². The molecule has 1 heterocycles. The largest absolute Gasteiger partial charge is 0.334 e. The summed E-state index contributed by atoms with van der Waals surface area (Å²) in [6.45, 7) is 6.07. The number of hydrogen-bond acceptors (Lipinski definition) is 1. The van der Waals surface area contributed by atoms with Gasteiger partial charge in [0.15, 0.2) is 0 Å². The lowest BCUT2D eigenvalue weighted by Crippen LogP contribution is -2.25. The summed E-state index contributed by atoms with van der Waals surface area (Å²) in [5.41, 5.74) is 4.07. The molecule has 1 aliphatic carbocycles. The molecule has 2 aliphatic rings. The van der Waals surface area contributed by atoms with Crippen LogP contribution < -0.4 is 0 Å². The number of amides is 1. The Kier molecular flexibility index (Phi) is 2.89. The van der Waals surface area contributed by atoms with Gasteiger partial charge in [-0.1, -0.05) is 32.0 Å². The lowest BCUT2D eigenvalue weighted by atomic mass is 9.99. The molecule has 0 saturated heterocycles. The minimum Gasteiger partial charge on any atom is -0.334 e. The third-order valence-electron chi connectivity index (χ3n) is 4.13. The molecule has 3 rings (SSSR count). The van der Waals surface area contributed by atoms with Crippen molar-refractivity contribution in [1.82, 2.24) is 4.90 Å². The zero-order chi connectivity index (χ0) is 12.7. The molecular formula is C16H21NO. The molecule has 2 heteroatoms. The minimum absolute atomic E-state index is 0.347. The Bertz CT molecular complexity index is 474. The molecule has 0 aromatic heterocycles. The van der Waals surface area contributed by atoms with Gasteiger partial charge in [-0.3, -0.25) is 4.79 Å². The molecule has 1 aromatic carbocycles. The van der Waals surface area contributed by atoms with E-state index < -0.39 is 0 Å². The van der Waals surface area contributed by atoms with E-state index in [2.05, 4.69) is 32.0 Å². The number of carbonyl (C=O) groups excluding carboxylic acids is 1. The summed E-state index contributed by atoms with van der Waals surface area (Å²) in [6, 6.07) is 6.69. The Balaban J connectivity index is 1.71. The van der Waals surface area contributed by atoms with Crippen LogP contribution in [0.15, 0.2) is 18.2 Å². The molecule has 18 heavy (non-hydrogen) atoms. The number of hydrogen-bond donors (Lipinski definition) is 0. The van der Waals surface area contributed by atoms with Crippen molar-refractivity contribution in [2.75, 3.05) is 0 Å². The van der Waals surface area contributed by atoms with Crippen LogP contribution >= 0.6 is 0 Å². The van der Waals surface area contributed by atoms with Crippen molar-refractivity contribution in [1.29, 1.82) is 0 Å². The fourth-order valence-electron chi connectivity index (χ4n) is 2.65. The summed E-state index contributed by atoms with van der Waals surface area (Å²) < 4.78 is 0. The molecule has 2 nitrogen and oxygen atoms in total. The number of carbonyl (C=O) groups is 1. The molecule has 1 fully saturated rings. The number of fused-ring (bicyclic) bond motifs is 1. The highest BCUT2D eigenvalue weighted by atomic mass is 16.2. The quantitative estimate of drug-likeness (QED) is 0.796. The van der Waals surface area contributed by atoms with Gasteiger partial charge in [-0.05, 0) is 41.4 Å². The molecule has 1 aliphatic heterocycles. The average molecular weight is 243 g/mol. The third-order valence-corrected chi connectivity index (χ3v) is 4.13. The lowest BCUT2D eigenvalue weighted by molar-refractivity contribution is -0.132. The number of nitrogens with zero attached hydrogens (tertiary/aromatic N) is 1. The van der Waals surface area contributed by atoms with E-state index in [-0.39, 0.29) is 0 Å². The number of rotatable bonds is 3. The summed E-state index contributed by atoms with van der Waals surface area (Å²) in [7, 11) is 0. The molecular weight excluding hydrogens is 222 g/mol. The van der Waals surface area contributed by atoms with Crippen LogP contribution in [0.1, 0.15) is 55.7 Å². The fraction of sp³-hybridized carbons (Fsp3) is 0.562. The van der Waals surface area contributed by atoms with Gasteiger partial charge in [0.2, 0.25) is 5.91 Å². The summed E-state index contributed by atoms with van der Waals surface area (Å²) in [5.74, 6) is 1.60. The zero-order valence-electron chi connectivity index (χ0n) is 11.3. The maximum atomic E-state index is 12.1. The van der Waals surface area contributed by atoms with E-state index in [1.54, 1.807) is 0 Å². The standard InChI is InChI=1S/C16H21NO/c1-11(2)13-5-6-14-9-17(10-15(14)8-13)16(18)7-12-3-4-12/h5-6,8,11-12H,3-4,7,9-10H2,1-2H3. The fourth-order valence-corrected chi connectivity index (χ4v) is 2.65. The van der Waals surface area contributed by atoms with E-state index in [9.17, 15) is 4.79 Å². The van der Waals surface area contributed by atoms with Gasteiger partial charge >= 0.3 is 0 Å². The maximum Gasteiger partial charge on any atom is 0.223 e. The van der Waals surface area contributed by atoms with Crippen molar-refractivity contribution in [3.05, 3.63) is 34.9 Å². The lowest BCUT2D eigenvalue weighted by Gasteiger charge is -2.14. The third kappa shape index (κ3) is 2.29. The molecule has 0 N–H and O–H groups in total. The van der Waals surface area contributed by atoms with Gasteiger partial charge in [0, 0.05) is 19.5 Å². The van der Waals surface area contributed by atoms with E-state index in [1.807, 2.05) is 4.90 Å². The van der Waals surface area contributed by atoms with Crippen molar-refractivity contribution in [3.8, 4) is 0 Å². The molecule has 0 radical (unpaired) electrons. The second-order valence-electron chi connectivity index (χ2n) is 6.08. The zero-order valence-corrected chi connectivity index (χ0v) is 11.3. The molecule has 0 atom stereocenters. The highest BCUT2D eigenvalue weighted by Crippen LogP contribution is 2.34. The molecule has 1 aromatic rings. The Morgan fingerprint density at radius 1 is 1.28 bits per heavy atom. The van der Waals surface area contributed by atoms with Crippen molar-refractivity contribution < 1.29 is 4.79 Å². The van der Waals surface area contributed by atoms with Crippen LogP contribution in [0.2, 0.25) is 0 Å². The molecule has 0 unspecified atom stereocenters. The SMILES string of the molecule is CC(C)c1ccc2c(c1)CN(C(=O)CC1CC1)C2. The van der Waals surface area contributed by atoms with Crippen molar-refractivity contribution in [3.63, 3.8) is 0 Å². The van der Waals surface area contributed by atoms with Crippen LogP contribution in [0, 0.1) is 5.92 Å². The molecule has 0 bridgehead atoms. The van der Waals surface area contributed by atoms with E-state index in [4.69, 9.17) is 0 Å². The molecule has 96 valence electrons. The molecule has 0 spiro atoms. The van der Waals surface area contributed by atoms with Crippen LogP contribution in [0.3, 0.4) is 0 Å². The van der Waals surface area contributed by atoms with E-state index in [0.29, 0.717) is 17.7 Å². The Hall–Kier alpha value is -1.31. The second-order valence-corrected chi connectivity index (χ2v) is 6.08. The van der Waals surface area contributed by atoms with Gasteiger partial charge in [-0.2, -0.15) is 0 Å². The monoisotopic (exact) mass is 243 g/mol. The van der Waals surface area contributed by atoms with Crippen molar-refractivity contribution in [2.24, 2.45) is 5.92 Å². The van der Waals surface area contributed by atoms with Gasteiger partial charge in [0.05, 0.1) is 0 Å². The van der Waals surface area contributed by atoms with Gasteiger partial charge in [-0.15, -0.1) is 0 Å². The van der Waals surface area contributed by atoms with Crippen LogP contribution in [-0.2, 0) is 17.9 Å². The average Bonchev–Trinajstić information content (AvgIpc) is 3.04.